The van der Waals surface area contributed by atoms with Crippen LogP contribution in [0.2, 0.25) is 0 Å². The molecular formula is C16H21N3O2. The van der Waals surface area contributed by atoms with Gasteiger partial charge < -0.3 is 10.2 Å². The fraction of sp³-hybridized carbons (Fsp3) is 0.500. The zero-order valence-electron chi connectivity index (χ0n) is 12.3. The maximum atomic E-state index is 12.2. The fourth-order valence-corrected chi connectivity index (χ4v) is 3.04. The summed E-state index contributed by atoms with van der Waals surface area (Å²) in [4.78, 5) is 25.8. The molecule has 112 valence electrons. The molecule has 0 saturated carbocycles. The Kier molecular flexibility index (Phi) is 3.68. The molecule has 2 amide bonds. The van der Waals surface area contributed by atoms with Crippen molar-refractivity contribution in [3.63, 3.8) is 0 Å². The van der Waals surface area contributed by atoms with Gasteiger partial charge in [-0.3, -0.25) is 14.9 Å². The summed E-state index contributed by atoms with van der Waals surface area (Å²) < 4.78 is 0. The van der Waals surface area contributed by atoms with Gasteiger partial charge in [0.1, 0.15) is 0 Å². The number of carbonyl (C=O) groups is 2. The Morgan fingerprint density at radius 2 is 1.76 bits per heavy atom. The highest BCUT2D eigenvalue weighted by molar-refractivity contribution is 6.03. The first-order chi connectivity index (χ1) is 10.1. The quantitative estimate of drug-likeness (QED) is 0.790. The molecule has 2 heterocycles. The molecule has 5 heteroatoms. The van der Waals surface area contributed by atoms with Gasteiger partial charge in [0.15, 0.2) is 0 Å². The minimum absolute atomic E-state index is 0.171. The number of piperidine rings is 1. The molecule has 21 heavy (non-hydrogen) atoms. The van der Waals surface area contributed by atoms with Gasteiger partial charge in [-0.1, -0.05) is 12.1 Å². The predicted octanol–water partition coefficient (Wildman–Crippen LogP) is 0.790. The van der Waals surface area contributed by atoms with E-state index in [2.05, 4.69) is 27.7 Å². The first-order valence-electron chi connectivity index (χ1n) is 7.50. The second kappa shape index (κ2) is 5.48. The Morgan fingerprint density at radius 1 is 1.10 bits per heavy atom. The smallest absolute Gasteiger partial charge is 0.236 e. The summed E-state index contributed by atoms with van der Waals surface area (Å²) in [6.07, 6.45) is 0.979. The molecule has 1 aromatic rings. The number of imide groups is 1. The summed E-state index contributed by atoms with van der Waals surface area (Å²) >= 11 is 0. The number of nitrogens with zero attached hydrogens (tertiary/aromatic N) is 1. The SMILES string of the molecule is CC1(c2ccc(N3CCNCC3)cc2)CCC(=O)NC1=O. The van der Waals surface area contributed by atoms with E-state index in [0.717, 1.165) is 31.7 Å². The van der Waals surface area contributed by atoms with E-state index in [1.165, 1.54) is 5.69 Å². The summed E-state index contributed by atoms with van der Waals surface area (Å²) in [7, 11) is 0. The molecule has 2 N–H and O–H groups in total. The molecule has 1 unspecified atom stereocenters. The third kappa shape index (κ3) is 2.65. The lowest BCUT2D eigenvalue weighted by molar-refractivity contribution is -0.137. The Hall–Kier alpha value is -1.88. The lowest BCUT2D eigenvalue weighted by atomic mass is 9.75. The van der Waals surface area contributed by atoms with Crippen LogP contribution in [0.3, 0.4) is 0 Å². The monoisotopic (exact) mass is 287 g/mol. The van der Waals surface area contributed by atoms with Crippen molar-refractivity contribution in [3.8, 4) is 0 Å². The van der Waals surface area contributed by atoms with E-state index in [1.54, 1.807) is 0 Å². The standard InChI is InChI=1S/C16H21N3O2/c1-16(7-6-14(20)18-15(16)21)12-2-4-13(5-3-12)19-10-8-17-9-11-19/h2-5,17H,6-11H2,1H3,(H,18,20,21). The minimum atomic E-state index is -0.601. The summed E-state index contributed by atoms with van der Waals surface area (Å²) in [5.74, 6) is -0.358. The molecule has 5 nitrogen and oxygen atoms in total. The normalized spacial score (nSPS) is 26.6. The van der Waals surface area contributed by atoms with Gasteiger partial charge in [0.05, 0.1) is 5.41 Å². The summed E-state index contributed by atoms with van der Waals surface area (Å²) in [6, 6.07) is 8.20. The minimum Gasteiger partial charge on any atom is -0.369 e. The van der Waals surface area contributed by atoms with E-state index < -0.39 is 5.41 Å². The van der Waals surface area contributed by atoms with Crippen molar-refractivity contribution < 1.29 is 9.59 Å². The van der Waals surface area contributed by atoms with E-state index in [0.29, 0.717) is 12.8 Å². The maximum Gasteiger partial charge on any atom is 0.236 e. The number of carbonyl (C=O) groups excluding carboxylic acids is 2. The van der Waals surface area contributed by atoms with E-state index >= 15 is 0 Å². The van der Waals surface area contributed by atoms with E-state index in [1.807, 2.05) is 19.1 Å². The molecule has 2 aliphatic heterocycles. The van der Waals surface area contributed by atoms with Crippen LogP contribution in [-0.4, -0.2) is 38.0 Å². The van der Waals surface area contributed by atoms with Crippen LogP contribution in [0, 0.1) is 0 Å². The molecule has 0 bridgehead atoms. The Labute approximate surface area is 124 Å². The fourth-order valence-electron chi connectivity index (χ4n) is 3.04. The first kappa shape index (κ1) is 14.1. The topological polar surface area (TPSA) is 61.4 Å². The lowest BCUT2D eigenvalue weighted by Gasteiger charge is -2.33. The largest absolute Gasteiger partial charge is 0.369 e. The van der Waals surface area contributed by atoms with Crippen LogP contribution in [0.1, 0.15) is 25.3 Å². The highest BCUT2D eigenvalue weighted by Gasteiger charge is 2.39. The van der Waals surface area contributed by atoms with Gasteiger partial charge in [0.2, 0.25) is 11.8 Å². The van der Waals surface area contributed by atoms with Gasteiger partial charge >= 0.3 is 0 Å². The second-order valence-electron chi connectivity index (χ2n) is 5.99. The third-order valence-electron chi connectivity index (χ3n) is 4.59. The number of hydrogen-bond acceptors (Lipinski definition) is 4. The average Bonchev–Trinajstić information content (AvgIpc) is 2.52. The van der Waals surface area contributed by atoms with E-state index in [-0.39, 0.29) is 11.8 Å². The number of anilines is 1. The molecule has 0 spiro atoms. The molecule has 0 aliphatic carbocycles. The third-order valence-corrected chi connectivity index (χ3v) is 4.59. The molecule has 1 aromatic carbocycles. The lowest BCUT2D eigenvalue weighted by Crippen LogP contribution is -2.49. The van der Waals surface area contributed by atoms with E-state index in [4.69, 9.17) is 0 Å². The Balaban J connectivity index is 1.80. The zero-order valence-corrected chi connectivity index (χ0v) is 12.3. The van der Waals surface area contributed by atoms with Crippen LogP contribution in [0.5, 0.6) is 0 Å². The number of benzene rings is 1. The molecule has 2 fully saturated rings. The van der Waals surface area contributed by atoms with Crippen molar-refractivity contribution in [1.82, 2.24) is 10.6 Å². The highest BCUT2D eigenvalue weighted by Crippen LogP contribution is 2.33. The summed E-state index contributed by atoms with van der Waals surface area (Å²) in [6.45, 7) is 5.93. The number of hydrogen-bond donors (Lipinski definition) is 2. The van der Waals surface area contributed by atoms with Crippen LogP contribution in [-0.2, 0) is 15.0 Å². The highest BCUT2D eigenvalue weighted by atomic mass is 16.2. The maximum absolute atomic E-state index is 12.2. The van der Waals surface area contributed by atoms with Gasteiger partial charge in [-0.15, -0.1) is 0 Å². The van der Waals surface area contributed by atoms with Gasteiger partial charge in [-0.2, -0.15) is 0 Å². The number of amides is 2. The molecule has 1 atom stereocenters. The van der Waals surface area contributed by atoms with Crippen LogP contribution < -0.4 is 15.5 Å². The number of rotatable bonds is 2. The second-order valence-corrected chi connectivity index (χ2v) is 5.99. The Bertz CT molecular complexity index is 549. The summed E-state index contributed by atoms with van der Waals surface area (Å²) in [5, 5.41) is 5.79. The molecule has 2 aliphatic rings. The van der Waals surface area contributed by atoms with Crippen molar-refractivity contribution in [2.75, 3.05) is 31.1 Å². The number of piperazine rings is 1. The zero-order chi connectivity index (χ0) is 14.9. The molecule has 0 radical (unpaired) electrons. The van der Waals surface area contributed by atoms with Crippen molar-refractivity contribution in [1.29, 1.82) is 0 Å². The van der Waals surface area contributed by atoms with Crippen LogP contribution in [0.15, 0.2) is 24.3 Å². The molecular weight excluding hydrogens is 266 g/mol. The molecule has 2 saturated heterocycles. The van der Waals surface area contributed by atoms with Crippen molar-refractivity contribution in [3.05, 3.63) is 29.8 Å². The van der Waals surface area contributed by atoms with Crippen LogP contribution >= 0.6 is 0 Å². The van der Waals surface area contributed by atoms with Gasteiger partial charge in [-0.05, 0) is 31.0 Å². The average molecular weight is 287 g/mol. The molecule has 0 aromatic heterocycles. The Morgan fingerprint density at radius 3 is 2.38 bits per heavy atom. The first-order valence-corrected chi connectivity index (χ1v) is 7.50. The van der Waals surface area contributed by atoms with E-state index in [9.17, 15) is 9.59 Å². The van der Waals surface area contributed by atoms with Crippen molar-refractivity contribution in [2.24, 2.45) is 0 Å². The number of nitrogens with one attached hydrogen (secondary N) is 2. The van der Waals surface area contributed by atoms with Gasteiger partial charge in [-0.25, -0.2) is 0 Å². The summed E-state index contributed by atoms with van der Waals surface area (Å²) in [5.41, 5.74) is 1.57. The van der Waals surface area contributed by atoms with Crippen LogP contribution in [0.4, 0.5) is 5.69 Å². The van der Waals surface area contributed by atoms with Crippen molar-refractivity contribution >= 4 is 17.5 Å². The van der Waals surface area contributed by atoms with Crippen LogP contribution in [0.25, 0.3) is 0 Å². The molecule has 3 rings (SSSR count). The van der Waals surface area contributed by atoms with Gasteiger partial charge in [0, 0.05) is 38.3 Å². The predicted molar refractivity (Wildman–Crippen MR) is 81.3 cm³/mol. The van der Waals surface area contributed by atoms with Gasteiger partial charge in [0.25, 0.3) is 0 Å². The van der Waals surface area contributed by atoms with Crippen molar-refractivity contribution in [2.45, 2.75) is 25.2 Å².